The number of rotatable bonds is 7. The van der Waals surface area contributed by atoms with Crippen LogP contribution in [0.5, 0.6) is 0 Å². The zero-order valence-electron chi connectivity index (χ0n) is 9.47. The third-order valence-electron chi connectivity index (χ3n) is 3.02. The van der Waals surface area contributed by atoms with Crippen molar-refractivity contribution in [1.29, 1.82) is 0 Å². The number of carbonyl (C=O) groups excluding carboxylic acids is 1. The summed E-state index contributed by atoms with van der Waals surface area (Å²) in [4.78, 5) is 10.8. The van der Waals surface area contributed by atoms with E-state index in [1.807, 2.05) is 30.3 Å². The van der Waals surface area contributed by atoms with E-state index in [2.05, 4.69) is 0 Å². The van der Waals surface area contributed by atoms with E-state index in [0.717, 1.165) is 30.6 Å². The minimum Gasteiger partial charge on any atom is -0.366 e. The van der Waals surface area contributed by atoms with Crippen LogP contribution < -0.4 is 0 Å². The van der Waals surface area contributed by atoms with Crippen molar-refractivity contribution in [3.8, 4) is 0 Å². The number of benzene rings is 1. The van der Waals surface area contributed by atoms with Crippen LogP contribution >= 0.6 is 0 Å². The van der Waals surface area contributed by atoms with Gasteiger partial charge in [0.1, 0.15) is 12.4 Å². The Labute approximate surface area is 96.6 Å². The molecule has 0 radical (unpaired) electrons. The molecule has 1 fully saturated rings. The fourth-order valence-corrected chi connectivity index (χ4v) is 1.77. The molecule has 0 saturated heterocycles. The molecular weight excluding hydrogens is 200 g/mol. The predicted molar refractivity (Wildman–Crippen MR) is 63.0 cm³/mol. The molecule has 0 heterocycles. The average molecular weight is 218 g/mol. The molecule has 0 amide bonds. The summed E-state index contributed by atoms with van der Waals surface area (Å²) in [5.74, 6) is 0.864. The molecule has 0 spiro atoms. The molecular formula is C14H18O2. The molecule has 0 aliphatic heterocycles. The molecule has 16 heavy (non-hydrogen) atoms. The summed E-state index contributed by atoms with van der Waals surface area (Å²) in [5, 5.41) is 0. The Hall–Kier alpha value is -1.15. The van der Waals surface area contributed by atoms with Crippen molar-refractivity contribution in [1.82, 2.24) is 0 Å². The van der Waals surface area contributed by atoms with Gasteiger partial charge in [-0.05, 0) is 24.3 Å². The highest BCUT2D eigenvalue weighted by Crippen LogP contribution is 2.34. The standard InChI is InChI=1S/C14H18O2/c15-10-14(9-8-12-6-7-12)16-11-13-4-2-1-3-5-13/h1-5,10,12,14H,6-9,11H2/t14-/m1/s1. The first kappa shape index (κ1) is 11.3. The lowest BCUT2D eigenvalue weighted by molar-refractivity contribution is -0.119. The van der Waals surface area contributed by atoms with Gasteiger partial charge in [-0.1, -0.05) is 43.2 Å². The van der Waals surface area contributed by atoms with Crippen LogP contribution in [-0.2, 0) is 16.1 Å². The molecule has 0 aromatic heterocycles. The molecule has 1 aromatic rings. The zero-order valence-corrected chi connectivity index (χ0v) is 9.47. The van der Waals surface area contributed by atoms with Crippen LogP contribution in [0.3, 0.4) is 0 Å². The highest BCUT2D eigenvalue weighted by Gasteiger charge is 2.22. The second kappa shape index (κ2) is 5.80. The maximum atomic E-state index is 10.8. The molecule has 0 unspecified atom stereocenters. The minimum atomic E-state index is -0.221. The first-order chi connectivity index (χ1) is 7.88. The van der Waals surface area contributed by atoms with Crippen molar-refractivity contribution in [2.45, 2.75) is 38.4 Å². The van der Waals surface area contributed by atoms with Gasteiger partial charge in [0.25, 0.3) is 0 Å². The molecule has 1 atom stereocenters. The van der Waals surface area contributed by atoms with E-state index in [-0.39, 0.29) is 6.10 Å². The van der Waals surface area contributed by atoms with Crippen LogP contribution in [0.15, 0.2) is 30.3 Å². The normalized spacial score (nSPS) is 17.0. The van der Waals surface area contributed by atoms with Crippen molar-refractivity contribution in [2.24, 2.45) is 5.92 Å². The summed E-state index contributed by atoms with van der Waals surface area (Å²) in [6, 6.07) is 9.98. The van der Waals surface area contributed by atoms with Crippen molar-refractivity contribution < 1.29 is 9.53 Å². The Morgan fingerprint density at radius 1 is 1.31 bits per heavy atom. The lowest BCUT2D eigenvalue weighted by Crippen LogP contribution is -2.14. The van der Waals surface area contributed by atoms with E-state index in [1.54, 1.807) is 0 Å². The van der Waals surface area contributed by atoms with Crippen LogP contribution in [-0.4, -0.2) is 12.4 Å². The smallest absolute Gasteiger partial charge is 0.148 e. The zero-order chi connectivity index (χ0) is 11.2. The lowest BCUT2D eigenvalue weighted by atomic mass is 10.1. The van der Waals surface area contributed by atoms with E-state index >= 15 is 0 Å². The monoisotopic (exact) mass is 218 g/mol. The van der Waals surface area contributed by atoms with E-state index in [0.29, 0.717) is 6.61 Å². The fraction of sp³-hybridized carbons (Fsp3) is 0.500. The summed E-state index contributed by atoms with van der Waals surface area (Å²) in [6.07, 6.45) is 5.40. The second-order valence-electron chi connectivity index (χ2n) is 4.49. The fourth-order valence-electron chi connectivity index (χ4n) is 1.77. The summed E-state index contributed by atoms with van der Waals surface area (Å²) in [7, 11) is 0. The van der Waals surface area contributed by atoms with Gasteiger partial charge in [-0.25, -0.2) is 0 Å². The van der Waals surface area contributed by atoms with E-state index in [9.17, 15) is 4.79 Å². The molecule has 1 saturated carbocycles. The third kappa shape index (κ3) is 3.78. The Bertz CT molecular complexity index is 317. The van der Waals surface area contributed by atoms with E-state index in [1.165, 1.54) is 12.8 Å². The van der Waals surface area contributed by atoms with Gasteiger partial charge in [0.05, 0.1) is 6.61 Å². The summed E-state index contributed by atoms with van der Waals surface area (Å²) in [6.45, 7) is 0.537. The first-order valence-electron chi connectivity index (χ1n) is 5.99. The molecule has 1 aliphatic rings. The predicted octanol–water partition coefficient (Wildman–Crippen LogP) is 2.96. The van der Waals surface area contributed by atoms with E-state index in [4.69, 9.17) is 4.74 Å². The van der Waals surface area contributed by atoms with Crippen molar-refractivity contribution in [2.75, 3.05) is 0 Å². The molecule has 1 aliphatic carbocycles. The van der Waals surface area contributed by atoms with Crippen LogP contribution in [0, 0.1) is 5.92 Å². The SMILES string of the molecule is O=C[C@@H](CCC1CC1)OCc1ccccc1. The van der Waals surface area contributed by atoms with Crippen molar-refractivity contribution in [3.05, 3.63) is 35.9 Å². The van der Waals surface area contributed by atoms with Crippen LogP contribution in [0.25, 0.3) is 0 Å². The minimum absolute atomic E-state index is 0.221. The largest absolute Gasteiger partial charge is 0.366 e. The van der Waals surface area contributed by atoms with Gasteiger partial charge in [0, 0.05) is 0 Å². The number of aldehydes is 1. The molecule has 1 aromatic carbocycles. The Kier molecular flexibility index (Phi) is 4.11. The topological polar surface area (TPSA) is 26.3 Å². The molecule has 0 N–H and O–H groups in total. The summed E-state index contributed by atoms with van der Waals surface area (Å²) >= 11 is 0. The van der Waals surface area contributed by atoms with Gasteiger partial charge in [0.15, 0.2) is 0 Å². The maximum absolute atomic E-state index is 10.8. The quantitative estimate of drug-likeness (QED) is 0.658. The average Bonchev–Trinajstić information content (AvgIpc) is 3.15. The van der Waals surface area contributed by atoms with Crippen LogP contribution in [0.2, 0.25) is 0 Å². The Morgan fingerprint density at radius 2 is 2.06 bits per heavy atom. The molecule has 2 nitrogen and oxygen atoms in total. The van der Waals surface area contributed by atoms with Crippen LogP contribution in [0.4, 0.5) is 0 Å². The number of hydrogen-bond donors (Lipinski definition) is 0. The van der Waals surface area contributed by atoms with Gasteiger partial charge in [-0.3, -0.25) is 0 Å². The molecule has 0 bridgehead atoms. The number of carbonyl (C=O) groups is 1. The van der Waals surface area contributed by atoms with Crippen molar-refractivity contribution in [3.63, 3.8) is 0 Å². The van der Waals surface area contributed by atoms with Crippen molar-refractivity contribution >= 4 is 6.29 Å². The Balaban J connectivity index is 1.71. The van der Waals surface area contributed by atoms with Gasteiger partial charge in [-0.2, -0.15) is 0 Å². The molecule has 86 valence electrons. The number of ether oxygens (including phenoxy) is 1. The van der Waals surface area contributed by atoms with Gasteiger partial charge < -0.3 is 9.53 Å². The summed E-state index contributed by atoms with van der Waals surface area (Å²) < 4.78 is 5.59. The van der Waals surface area contributed by atoms with Gasteiger partial charge in [0.2, 0.25) is 0 Å². The highest BCUT2D eigenvalue weighted by molar-refractivity contribution is 5.55. The summed E-state index contributed by atoms with van der Waals surface area (Å²) in [5.41, 5.74) is 1.13. The first-order valence-corrected chi connectivity index (χ1v) is 5.99. The second-order valence-corrected chi connectivity index (χ2v) is 4.49. The maximum Gasteiger partial charge on any atom is 0.148 e. The molecule has 2 heteroatoms. The molecule has 2 rings (SSSR count). The van der Waals surface area contributed by atoms with Crippen LogP contribution in [0.1, 0.15) is 31.2 Å². The Morgan fingerprint density at radius 3 is 2.69 bits per heavy atom. The number of hydrogen-bond acceptors (Lipinski definition) is 2. The third-order valence-corrected chi connectivity index (χ3v) is 3.02. The lowest BCUT2D eigenvalue weighted by Gasteiger charge is -2.11. The van der Waals surface area contributed by atoms with Gasteiger partial charge >= 0.3 is 0 Å². The highest BCUT2D eigenvalue weighted by atomic mass is 16.5. The van der Waals surface area contributed by atoms with Gasteiger partial charge in [-0.15, -0.1) is 0 Å². The van der Waals surface area contributed by atoms with E-state index < -0.39 is 0 Å².